The van der Waals surface area contributed by atoms with E-state index in [1.165, 1.54) is 4.90 Å². The van der Waals surface area contributed by atoms with Crippen molar-refractivity contribution < 1.29 is 14.7 Å². The summed E-state index contributed by atoms with van der Waals surface area (Å²) in [6, 6.07) is 7.34. The summed E-state index contributed by atoms with van der Waals surface area (Å²) in [5.74, 6) is -1.18. The summed E-state index contributed by atoms with van der Waals surface area (Å²) in [5.41, 5.74) is 6.99. The summed E-state index contributed by atoms with van der Waals surface area (Å²) in [6.07, 6.45) is 2.39. The van der Waals surface area contributed by atoms with E-state index in [2.05, 4.69) is 0 Å². The highest BCUT2D eigenvalue weighted by Gasteiger charge is 2.34. The number of hydrogen-bond donors (Lipinski definition) is 2. The maximum atomic E-state index is 12.5. The van der Waals surface area contributed by atoms with Crippen LogP contribution in [0.5, 0.6) is 0 Å². The van der Waals surface area contributed by atoms with Gasteiger partial charge in [0, 0.05) is 11.6 Å². The molecule has 1 amide bonds. The lowest BCUT2D eigenvalue weighted by atomic mass is 10.0. The Kier molecular flexibility index (Phi) is 4.16. The van der Waals surface area contributed by atoms with Gasteiger partial charge < -0.3 is 15.7 Å². The molecule has 0 spiro atoms. The normalized spacial score (nSPS) is 14.2. The molecule has 1 aromatic carbocycles. The summed E-state index contributed by atoms with van der Waals surface area (Å²) >= 11 is 0. The van der Waals surface area contributed by atoms with Crippen molar-refractivity contribution in [3.8, 4) is 0 Å². The number of carbonyl (C=O) groups is 2. The van der Waals surface area contributed by atoms with Crippen LogP contribution in [0.15, 0.2) is 24.3 Å². The number of carboxylic acids is 1. The lowest BCUT2D eigenvalue weighted by Crippen LogP contribution is -2.38. The lowest BCUT2D eigenvalue weighted by Gasteiger charge is -2.21. The maximum Gasteiger partial charge on any atom is 0.323 e. The van der Waals surface area contributed by atoms with Gasteiger partial charge in [-0.2, -0.15) is 0 Å². The minimum absolute atomic E-state index is 0.0783. The van der Waals surface area contributed by atoms with Gasteiger partial charge in [0.2, 0.25) is 0 Å². The van der Waals surface area contributed by atoms with Gasteiger partial charge in [-0.25, -0.2) is 0 Å². The molecule has 1 saturated carbocycles. The predicted octanol–water partition coefficient (Wildman–Crippen LogP) is 0.877. The second-order valence-corrected chi connectivity index (χ2v) is 4.75. The highest BCUT2D eigenvalue weighted by molar-refractivity contribution is 5.97. The van der Waals surface area contributed by atoms with Crippen LogP contribution in [0.25, 0.3) is 0 Å². The summed E-state index contributed by atoms with van der Waals surface area (Å²) in [6.45, 7) is 0.229. The van der Waals surface area contributed by atoms with Gasteiger partial charge >= 0.3 is 5.97 Å². The van der Waals surface area contributed by atoms with Crippen LogP contribution < -0.4 is 5.73 Å². The molecule has 2 rings (SSSR count). The van der Waals surface area contributed by atoms with E-state index in [9.17, 15) is 9.59 Å². The Balaban J connectivity index is 2.23. The molecule has 1 aromatic rings. The van der Waals surface area contributed by atoms with Crippen LogP contribution in [-0.4, -0.2) is 41.0 Å². The number of benzene rings is 1. The van der Waals surface area contributed by atoms with Gasteiger partial charge in [-0.15, -0.1) is 0 Å². The fraction of sp³-hybridized carbons (Fsp3) is 0.429. The first-order chi connectivity index (χ1) is 9.13. The summed E-state index contributed by atoms with van der Waals surface area (Å²) in [5, 5.41) is 8.92. The SMILES string of the molecule is NCCc1ccccc1C(=O)N(CC(=O)O)C1CC1. The van der Waals surface area contributed by atoms with Gasteiger partial charge in [0.1, 0.15) is 6.54 Å². The van der Waals surface area contributed by atoms with Crippen molar-refractivity contribution in [3.63, 3.8) is 0 Å². The van der Waals surface area contributed by atoms with Crippen molar-refractivity contribution in [2.45, 2.75) is 25.3 Å². The van der Waals surface area contributed by atoms with Crippen LogP contribution >= 0.6 is 0 Å². The van der Waals surface area contributed by atoms with Crippen molar-refractivity contribution in [1.29, 1.82) is 0 Å². The third-order valence-corrected chi connectivity index (χ3v) is 3.22. The van der Waals surface area contributed by atoms with E-state index in [1.807, 2.05) is 12.1 Å². The first-order valence-electron chi connectivity index (χ1n) is 6.44. The van der Waals surface area contributed by atoms with Crippen LogP contribution in [0.2, 0.25) is 0 Å². The average molecular weight is 262 g/mol. The molecule has 102 valence electrons. The van der Waals surface area contributed by atoms with E-state index >= 15 is 0 Å². The van der Waals surface area contributed by atoms with Crippen LogP contribution in [0, 0.1) is 0 Å². The number of carbonyl (C=O) groups excluding carboxylic acids is 1. The second-order valence-electron chi connectivity index (χ2n) is 4.75. The van der Waals surface area contributed by atoms with Gasteiger partial charge in [-0.3, -0.25) is 9.59 Å². The molecule has 0 aliphatic heterocycles. The minimum atomic E-state index is -0.975. The molecule has 1 aliphatic rings. The molecule has 19 heavy (non-hydrogen) atoms. The monoisotopic (exact) mass is 262 g/mol. The van der Waals surface area contributed by atoms with Gasteiger partial charge in [0.25, 0.3) is 5.91 Å². The molecule has 3 N–H and O–H groups in total. The number of hydrogen-bond acceptors (Lipinski definition) is 3. The zero-order chi connectivity index (χ0) is 13.8. The van der Waals surface area contributed by atoms with Gasteiger partial charge in [-0.1, -0.05) is 18.2 Å². The molecule has 0 heterocycles. The number of rotatable bonds is 6. The van der Waals surface area contributed by atoms with Gasteiger partial charge in [0.05, 0.1) is 0 Å². The smallest absolute Gasteiger partial charge is 0.323 e. The summed E-state index contributed by atoms with van der Waals surface area (Å²) in [4.78, 5) is 24.8. The topological polar surface area (TPSA) is 83.6 Å². The Morgan fingerprint density at radius 1 is 1.32 bits per heavy atom. The quantitative estimate of drug-likeness (QED) is 0.797. The van der Waals surface area contributed by atoms with Crippen LogP contribution in [0.1, 0.15) is 28.8 Å². The number of carboxylic acid groups (broad SMARTS) is 1. The van der Waals surface area contributed by atoms with Crippen molar-refractivity contribution in [2.24, 2.45) is 5.73 Å². The zero-order valence-electron chi connectivity index (χ0n) is 10.7. The third kappa shape index (κ3) is 3.32. The molecule has 0 aromatic heterocycles. The van der Waals surface area contributed by atoms with E-state index in [4.69, 9.17) is 10.8 Å². The first kappa shape index (κ1) is 13.5. The highest BCUT2D eigenvalue weighted by Crippen LogP contribution is 2.28. The molecule has 0 radical (unpaired) electrons. The highest BCUT2D eigenvalue weighted by atomic mass is 16.4. The fourth-order valence-corrected chi connectivity index (χ4v) is 2.16. The van der Waals surface area contributed by atoms with Crippen LogP contribution in [0.4, 0.5) is 0 Å². The Hall–Kier alpha value is -1.88. The van der Waals surface area contributed by atoms with E-state index in [0.717, 1.165) is 18.4 Å². The van der Waals surface area contributed by atoms with Crippen molar-refractivity contribution in [3.05, 3.63) is 35.4 Å². The van der Waals surface area contributed by atoms with E-state index in [-0.39, 0.29) is 18.5 Å². The molecule has 0 unspecified atom stereocenters. The Morgan fingerprint density at radius 2 is 2.00 bits per heavy atom. The lowest BCUT2D eigenvalue weighted by molar-refractivity contribution is -0.137. The molecule has 5 heteroatoms. The molecule has 1 aliphatic carbocycles. The van der Waals surface area contributed by atoms with Crippen LogP contribution in [0.3, 0.4) is 0 Å². The molecular formula is C14H18N2O3. The molecule has 1 fully saturated rings. The minimum Gasteiger partial charge on any atom is -0.480 e. The van der Waals surface area contributed by atoms with E-state index < -0.39 is 5.97 Å². The zero-order valence-corrected chi connectivity index (χ0v) is 10.7. The summed E-state index contributed by atoms with van der Waals surface area (Å²) < 4.78 is 0. The Bertz CT molecular complexity index is 483. The van der Waals surface area contributed by atoms with E-state index in [1.54, 1.807) is 12.1 Å². The Labute approximate surface area is 112 Å². The molecule has 0 bridgehead atoms. The van der Waals surface area contributed by atoms with Gasteiger partial charge in [-0.05, 0) is 37.4 Å². The number of amides is 1. The fourth-order valence-electron chi connectivity index (χ4n) is 2.16. The number of nitrogens with two attached hydrogens (primary N) is 1. The predicted molar refractivity (Wildman–Crippen MR) is 70.9 cm³/mol. The third-order valence-electron chi connectivity index (χ3n) is 3.22. The number of nitrogens with zero attached hydrogens (tertiary/aromatic N) is 1. The summed E-state index contributed by atoms with van der Waals surface area (Å²) in [7, 11) is 0. The van der Waals surface area contributed by atoms with Crippen molar-refractivity contribution >= 4 is 11.9 Å². The van der Waals surface area contributed by atoms with Crippen LogP contribution in [-0.2, 0) is 11.2 Å². The first-order valence-corrected chi connectivity index (χ1v) is 6.44. The van der Waals surface area contributed by atoms with Crippen molar-refractivity contribution in [1.82, 2.24) is 4.90 Å². The Morgan fingerprint density at radius 3 is 2.58 bits per heavy atom. The largest absolute Gasteiger partial charge is 0.480 e. The standard InChI is InChI=1S/C14H18N2O3/c15-8-7-10-3-1-2-4-12(10)14(19)16(9-13(17)18)11-5-6-11/h1-4,11H,5-9,15H2,(H,17,18). The molecular weight excluding hydrogens is 244 g/mol. The van der Waals surface area contributed by atoms with Crippen molar-refractivity contribution in [2.75, 3.05) is 13.1 Å². The number of aliphatic carboxylic acids is 1. The molecule has 0 saturated heterocycles. The molecule has 5 nitrogen and oxygen atoms in total. The van der Waals surface area contributed by atoms with E-state index in [0.29, 0.717) is 18.5 Å². The average Bonchev–Trinajstić information content (AvgIpc) is 3.20. The second kappa shape index (κ2) is 5.84. The molecule has 0 atom stereocenters. The van der Waals surface area contributed by atoms with Gasteiger partial charge in [0.15, 0.2) is 0 Å². The maximum absolute atomic E-state index is 12.5.